The van der Waals surface area contributed by atoms with E-state index in [2.05, 4.69) is 4.98 Å². The summed E-state index contributed by atoms with van der Waals surface area (Å²) in [7, 11) is 0. The van der Waals surface area contributed by atoms with Crippen LogP contribution in [0, 0.1) is 24.1 Å². The summed E-state index contributed by atoms with van der Waals surface area (Å²) in [6.45, 7) is 2.83. The molecule has 0 spiro atoms. The van der Waals surface area contributed by atoms with Crippen LogP contribution in [0.25, 0.3) is 0 Å². The number of halogens is 5. The molecule has 0 bridgehead atoms. The van der Waals surface area contributed by atoms with Gasteiger partial charge >= 0.3 is 6.18 Å². The van der Waals surface area contributed by atoms with Crippen molar-refractivity contribution < 1.29 is 27.1 Å². The number of pyridine rings is 1. The average molecular weight is 433 g/mol. The van der Waals surface area contributed by atoms with Crippen LogP contribution in [0.5, 0.6) is 11.6 Å². The van der Waals surface area contributed by atoms with Gasteiger partial charge in [-0.3, -0.25) is 4.79 Å². The summed E-state index contributed by atoms with van der Waals surface area (Å²) >= 11 is 6.06. The number of benzene rings is 1. The largest absolute Gasteiger partial charge is 0.439 e. The fourth-order valence-corrected chi connectivity index (χ4v) is 3.42. The van der Waals surface area contributed by atoms with Crippen LogP contribution in [0.1, 0.15) is 12.5 Å². The molecule has 2 atom stereocenters. The topological polar surface area (TPSA) is 63.0 Å². The lowest BCUT2D eigenvalue weighted by Gasteiger charge is -2.23. The summed E-state index contributed by atoms with van der Waals surface area (Å²) in [6.07, 6.45) is -4.22. The highest BCUT2D eigenvalue weighted by Gasteiger charge is 2.61. The number of aryl methyl sites for hydroxylation is 1. The Morgan fingerprint density at radius 3 is 2.61 bits per heavy atom. The summed E-state index contributed by atoms with van der Waals surface area (Å²) in [5, 5.41) is 7.52. The molecule has 1 aromatic carbocycles. The number of aromatic nitrogens is 1. The lowest BCUT2D eigenvalue weighted by atomic mass is 10.0. The smallest absolute Gasteiger partial charge is 0.428 e. The predicted molar refractivity (Wildman–Crippen MR) is 96.0 cm³/mol. The molecule has 0 radical (unpaired) electrons. The molecule has 0 aliphatic carbocycles. The van der Waals surface area contributed by atoms with Gasteiger partial charge in [0.05, 0.1) is 11.4 Å². The van der Waals surface area contributed by atoms with Crippen molar-refractivity contribution in [3.8, 4) is 17.7 Å². The van der Waals surface area contributed by atoms with Crippen LogP contribution in [-0.4, -0.2) is 27.1 Å². The molecule has 0 saturated carbocycles. The number of rotatable bonds is 6. The third-order valence-corrected chi connectivity index (χ3v) is 5.16. The summed E-state index contributed by atoms with van der Waals surface area (Å²) in [5.74, 6) is -1.53. The van der Waals surface area contributed by atoms with Crippen molar-refractivity contribution >= 4 is 29.1 Å². The van der Waals surface area contributed by atoms with Gasteiger partial charge in [-0.1, -0.05) is 17.7 Å². The Hall–Kier alpha value is -2.31. The number of ketones is 1. The molecule has 0 aliphatic rings. The molecule has 1 heterocycles. The van der Waals surface area contributed by atoms with Gasteiger partial charge < -0.3 is 4.74 Å². The van der Waals surface area contributed by atoms with E-state index in [1.165, 1.54) is 19.1 Å². The van der Waals surface area contributed by atoms with Gasteiger partial charge in [-0.05, 0) is 38.1 Å². The van der Waals surface area contributed by atoms with Gasteiger partial charge in [0.1, 0.15) is 17.6 Å². The molecule has 1 aromatic heterocycles. The minimum absolute atomic E-state index is 0.161. The third-order valence-electron chi connectivity index (χ3n) is 3.58. The number of thioether (sulfide) groups is 1. The summed E-state index contributed by atoms with van der Waals surface area (Å²) in [6, 6.07) is 8.26. The zero-order valence-corrected chi connectivity index (χ0v) is 16.1. The van der Waals surface area contributed by atoms with Crippen LogP contribution in [0.15, 0.2) is 41.4 Å². The van der Waals surface area contributed by atoms with E-state index in [9.17, 15) is 22.4 Å². The van der Waals surface area contributed by atoms with E-state index in [1.807, 2.05) is 0 Å². The van der Waals surface area contributed by atoms with Gasteiger partial charge in [0, 0.05) is 10.5 Å². The van der Waals surface area contributed by atoms with Gasteiger partial charge in [-0.25, -0.2) is 9.37 Å². The average Bonchev–Trinajstić information content (AvgIpc) is 2.62. The first-order valence-electron chi connectivity index (χ1n) is 7.76. The Morgan fingerprint density at radius 2 is 2.04 bits per heavy atom. The fourth-order valence-electron chi connectivity index (χ4n) is 2.15. The Morgan fingerprint density at radius 1 is 1.36 bits per heavy atom. The van der Waals surface area contributed by atoms with Crippen LogP contribution in [-0.2, 0) is 4.79 Å². The minimum atomic E-state index is -5.20. The molecule has 0 fully saturated rings. The van der Waals surface area contributed by atoms with Crippen molar-refractivity contribution in [2.45, 2.75) is 35.0 Å². The zero-order chi connectivity index (χ0) is 21.1. The highest BCUT2D eigenvalue weighted by atomic mass is 35.5. The fraction of sp³-hybridized carbons (Fsp3) is 0.278. The number of alkyl halides is 4. The molecule has 0 N–H and O–H groups in total. The number of carbonyl (C=O) groups is 1. The highest BCUT2D eigenvalue weighted by molar-refractivity contribution is 8.00. The van der Waals surface area contributed by atoms with Crippen molar-refractivity contribution in [3.05, 3.63) is 47.9 Å². The van der Waals surface area contributed by atoms with Crippen LogP contribution in [0.4, 0.5) is 17.6 Å². The first-order chi connectivity index (χ1) is 13.0. The summed E-state index contributed by atoms with van der Waals surface area (Å²) in [4.78, 5) is 12.8. The maximum Gasteiger partial charge on any atom is 0.428 e. The van der Waals surface area contributed by atoms with Crippen molar-refractivity contribution in [1.29, 1.82) is 5.26 Å². The van der Waals surface area contributed by atoms with E-state index in [0.717, 1.165) is 24.0 Å². The maximum absolute atomic E-state index is 13.1. The Labute approximate surface area is 167 Å². The van der Waals surface area contributed by atoms with Crippen LogP contribution in [0.3, 0.4) is 0 Å². The number of hydrogen-bond donors (Lipinski definition) is 0. The first-order valence-corrected chi connectivity index (χ1v) is 9.01. The van der Waals surface area contributed by atoms with E-state index >= 15 is 0 Å². The molecular formula is C18H13ClF4N2O2S. The van der Waals surface area contributed by atoms with E-state index in [0.29, 0.717) is 16.2 Å². The quantitative estimate of drug-likeness (QED) is 0.346. The Bertz CT molecular complexity index is 933. The van der Waals surface area contributed by atoms with Crippen molar-refractivity contribution in [2.75, 3.05) is 0 Å². The van der Waals surface area contributed by atoms with Crippen LogP contribution < -0.4 is 4.74 Å². The van der Waals surface area contributed by atoms with Gasteiger partial charge in [-0.2, -0.15) is 18.4 Å². The molecule has 2 rings (SSSR count). The lowest BCUT2D eigenvalue weighted by Crippen LogP contribution is -2.49. The maximum atomic E-state index is 13.1. The molecule has 0 amide bonds. The van der Waals surface area contributed by atoms with E-state index in [-0.39, 0.29) is 5.88 Å². The second-order valence-corrected chi connectivity index (χ2v) is 7.73. The van der Waals surface area contributed by atoms with Gasteiger partial charge in [0.2, 0.25) is 5.88 Å². The molecular weight excluding hydrogens is 420 g/mol. The monoisotopic (exact) mass is 432 g/mol. The summed E-state index contributed by atoms with van der Waals surface area (Å²) < 4.78 is 57.6. The highest BCUT2D eigenvalue weighted by Crippen LogP contribution is 2.40. The number of nitriles is 1. The molecule has 2 unspecified atom stereocenters. The van der Waals surface area contributed by atoms with E-state index in [4.69, 9.17) is 21.6 Å². The molecule has 148 valence electrons. The second-order valence-electron chi connectivity index (χ2n) is 5.74. The molecule has 0 saturated heterocycles. The SMILES string of the molecule is Cc1cc(F)cnc1Oc1cccc(SC(C)C(=O)C(Cl)(C#N)C(F)(F)F)c1. The van der Waals surface area contributed by atoms with E-state index in [1.54, 1.807) is 25.1 Å². The third kappa shape index (κ3) is 4.75. The number of Topliss-reactive ketones (excluding diaryl/α,β-unsaturated/α-hetero) is 1. The molecule has 10 heteroatoms. The van der Waals surface area contributed by atoms with Crippen molar-refractivity contribution in [1.82, 2.24) is 4.98 Å². The van der Waals surface area contributed by atoms with Crippen molar-refractivity contribution in [2.24, 2.45) is 0 Å². The van der Waals surface area contributed by atoms with Gasteiger partial charge in [0.15, 0.2) is 5.78 Å². The lowest BCUT2D eigenvalue weighted by molar-refractivity contribution is -0.161. The predicted octanol–water partition coefficient (Wildman–Crippen LogP) is 5.43. The number of ether oxygens (including phenoxy) is 1. The zero-order valence-electron chi connectivity index (χ0n) is 14.6. The van der Waals surface area contributed by atoms with Gasteiger partial charge in [0.25, 0.3) is 4.87 Å². The van der Waals surface area contributed by atoms with Crippen molar-refractivity contribution in [3.63, 3.8) is 0 Å². The summed E-state index contributed by atoms with van der Waals surface area (Å²) in [5.41, 5.74) is 0.452. The molecule has 28 heavy (non-hydrogen) atoms. The van der Waals surface area contributed by atoms with Gasteiger partial charge in [-0.15, -0.1) is 11.8 Å². The van der Waals surface area contributed by atoms with Crippen LogP contribution >= 0.6 is 23.4 Å². The second kappa shape index (κ2) is 8.37. The number of hydrogen-bond acceptors (Lipinski definition) is 5. The Balaban J connectivity index is 2.18. The molecule has 4 nitrogen and oxygen atoms in total. The van der Waals surface area contributed by atoms with Crippen LogP contribution in [0.2, 0.25) is 0 Å². The molecule has 0 aliphatic heterocycles. The number of carbonyl (C=O) groups excluding carboxylic acids is 1. The number of nitrogens with zero attached hydrogens (tertiary/aromatic N) is 2. The Kier molecular flexibility index (Phi) is 6.57. The standard InChI is InChI=1S/C18H13ClF4N2O2S/c1-10-6-12(20)8-25-16(10)27-13-4-3-5-14(7-13)28-11(2)15(26)17(19,9-24)18(21,22)23/h3-8,11H,1-2H3. The molecule has 2 aromatic rings. The minimum Gasteiger partial charge on any atom is -0.439 e. The first kappa shape index (κ1) is 22.0. The van der Waals surface area contributed by atoms with E-state index < -0.39 is 27.9 Å². The normalized spacial score (nSPS) is 14.6.